The molecule has 1 atom stereocenters. The Bertz CT molecular complexity index is 518. The van der Waals surface area contributed by atoms with Crippen molar-refractivity contribution in [1.82, 2.24) is 4.72 Å². The van der Waals surface area contributed by atoms with Gasteiger partial charge in [0.25, 0.3) is 0 Å². The summed E-state index contributed by atoms with van der Waals surface area (Å²) in [5.74, 6) is -0.628. The molecule has 17 heavy (non-hydrogen) atoms. The minimum atomic E-state index is -3.91. The first-order chi connectivity index (χ1) is 7.90. The van der Waals surface area contributed by atoms with Crippen LogP contribution in [0, 0.1) is 5.82 Å². The number of halogens is 2. The van der Waals surface area contributed by atoms with Crippen molar-refractivity contribution in [2.45, 2.75) is 10.9 Å². The first-order valence-corrected chi connectivity index (χ1v) is 6.47. The number of aliphatic hydroxyl groups is 1. The van der Waals surface area contributed by atoms with Crippen LogP contribution in [-0.4, -0.2) is 26.2 Å². The summed E-state index contributed by atoms with van der Waals surface area (Å²) in [5.41, 5.74) is 0. The van der Waals surface area contributed by atoms with Crippen molar-refractivity contribution in [3.05, 3.63) is 41.7 Å². The molecule has 0 radical (unpaired) electrons. The monoisotopic (exact) mass is 279 g/mol. The molecule has 4 nitrogen and oxygen atoms in total. The fraction of sp³-hybridized carbons (Fsp3) is 0.200. The summed E-state index contributed by atoms with van der Waals surface area (Å²) in [6.07, 6.45) is 1.25. The first-order valence-electron chi connectivity index (χ1n) is 4.61. The van der Waals surface area contributed by atoms with E-state index >= 15 is 0 Å². The highest BCUT2D eigenvalue weighted by atomic mass is 35.5. The third-order valence-electron chi connectivity index (χ3n) is 1.97. The van der Waals surface area contributed by atoms with Gasteiger partial charge >= 0.3 is 0 Å². The number of hydrogen-bond acceptors (Lipinski definition) is 3. The molecule has 0 unspecified atom stereocenters. The molecule has 1 aromatic carbocycles. The molecule has 7 heteroatoms. The average Bonchev–Trinajstić information content (AvgIpc) is 2.25. The van der Waals surface area contributed by atoms with Crippen molar-refractivity contribution < 1.29 is 17.9 Å². The maximum absolute atomic E-state index is 12.8. The van der Waals surface area contributed by atoms with Crippen LogP contribution in [0.4, 0.5) is 4.39 Å². The minimum Gasteiger partial charge on any atom is -0.394 e. The number of sulfonamides is 1. The predicted molar refractivity (Wildman–Crippen MR) is 62.8 cm³/mol. The average molecular weight is 280 g/mol. The molecule has 0 bridgehead atoms. The molecule has 0 spiro atoms. The number of aliphatic hydroxyl groups excluding tert-OH is 1. The Balaban J connectivity index is 3.09. The van der Waals surface area contributed by atoms with E-state index in [2.05, 4.69) is 11.3 Å². The van der Waals surface area contributed by atoms with Crippen LogP contribution in [-0.2, 0) is 10.0 Å². The van der Waals surface area contributed by atoms with E-state index in [9.17, 15) is 12.8 Å². The topological polar surface area (TPSA) is 66.4 Å². The van der Waals surface area contributed by atoms with Crippen LogP contribution in [0.3, 0.4) is 0 Å². The lowest BCUT2D eigenvalue weighted by molar-refractivity contribution is 0.276. The zero-order valence-corrected chi connectivity index (χ0v) is 10.3. The summed E-state index contributed by atoms with van der Waals surface area (Å²) in [5, 5.41) is 8.63. The van der Waals surface area contributed by atoms with Gasteiger partial charge in [0.1, 0.15) is 10.7 Å². The molecule has 2 N–H and O–H groups in total. The van der Waals surface area contributed by atoms with Gasteiger partial charge in [-0.05, 0) is 18.2 Å². The molecule has 0 aliphatic rings. The van der Waals surface area contributed by atoms with Crippen molar-refractivity contribution in [3.8, 4) is 0 Å². The maximum atomic E-state index is 12.8. The summed E-state index contributed by atoms with van der Waals surface area (Å²) in [6, 6.07) is 2.12. The van der Waals surface area contributed by atoms with Crippen LogP contribution >= 0.6 is 11.6 Å². The SMILES string of the molecule is C=C[C@H](CO)NS(=O)(=O)c1ccc(F)cc1Cl. The first kappa shape index (κ1) is 14.1. The molecule has 0 aliphatic carbocycles. The standard InChI is InChI=1S/C10H11ClFNO3S/c1-2-8(6-14)13-17(15,16)10-4-3-7(12)5-9(10)11/h2-5,8,13-14H,1,6H2/t8-/m1/s1. The highest BCUT2D eigenvalue weighted by molar-refractivity contribution is 7.89. The molecule has 0 aromatic heterocycles. The van der Waals surface area contributed by atoms with Gasteiger partial charge in [-0.25, -0.2) is 17.5 Å². The molecular formula is C10H11ClFNO3S. The van der Waals surface area contributed by atoms with Crippen molar-refractivity contribution >= 4 is 21.6 Å². The molecular weight excluding hydrogens is 269 g/mol. The van der Waals surface area contributed by atoms with Gasteiger partial charge in [-0.2, -0.15) is 0 Å². The summed E-state index contributed by atoms with van der Waals surface area (Å²) in [4.78, 5) is -0.249. The van der Waals surface area contributed by atoms with Gasteiger partial charge in [0.05, 0.1) is 17.7 Å². The van der Waals surface area contributed by atoms with Gasteiger partial charge in [-0.3, -0.25) is 0 Å². The lowest BCUT2D eigenvalue weighted by Gasteiger charge is -2.13. The van der Waals surface area contributed by atoms with E-state index in [-0.39, 0.29) is 9.92 Å². The second-order valence-electron chi connectivity index (χ2n) is 3.22. The van der Waals surface area contributed by atoms with Crippen LogP contribution in [0.1, 0.15) is 0 Å². The van der Waals surface area contributed by atoms with Gasteiger partial charge in [-0.1, -0.05) is 17.7 Å². The molecule has 0 aliphatic heterocycles. The highest BCUT2D eigenvalue weighted by Gasteiger charge is 2.20. The van der Waals surface area contributed by atoms with Gasteiger partial charge in [0, 0.05) is 0 Å². The quantitative estimate of drug-likeness (QED) is 0.799. The molecule has 0 heterocycles. The Hall–Kier alpha value is -0.950. The number of rotatable bonds is 5. The zero-order chi connectivity index (χ0) is 13.1. The van der Waals surface area contributed by atoms with E-state index in [1.165, 1.54) is 6.08 Å². The van der Waals surface area contributed by atoms with Crippen molar-refractivity contribution in [2.24, 2.45) is 0 Å². The highest BCUT2D eigenvalue weighted by Crippen LogP contribution is 2.22. The normalized spacial score (nSPS) is 13.4. The van der Waals surface area contributed by atoms with Crippen LogP contribution in [0.15, 0.2) is 35.7 Å². The number of benzene rings is 1. The lowest BCUT2D eigenvalue weighted by atomic mass is 10.3. The third-order valence-corrected chi connectivity index (χ3v) is 3.94. The summed E-state index contributed by atoms with van der Waals surface area (Å²) >= 11 is 5.64. The number of hydrogen-bond donors (Lipinski definition) is 2. The van der Waals surface area contributed by atoms with Gasteiger partial charge < -0.3 is 5.11 Å². The molecule has 0 saturated carbocycles. The van der Waals surface area contributed by atoms with E-state index in [1.54, 1.807) is 0 Å². The Kier molecular flexibility index (Phi) is 4.64. The molecule has 94 valence electrons. The lowest BCUT2D eigenvalue weighted by Crippen LogP contribution is -2.35. The fourth-order valence-corrected chi connectivity index (χ4v) is 2.85. The Morgan fingerprint density at radius 2 is 2.24 bits per heavy atom. The van der Waals surface area contributed by atoms with E-state index in [0.29, 0.717) is 0 Å². The van der Waals surface area contributed by atoms with Crippen LogP contribution in [0.5, 0.6) is 0 Å². The molecule has 1 rings (SSSR count). The van der Waals surface area contributed by atoms with Crippen LogP contribution < -0.4 is 4.72 Å². The Morgan fingerprint density at radius 1 is 1.59 bits per heavy atom. The van der Waals surface area contributed by atoms with Gasteiger partial charge in [0.2, 0.25) is 10.0 Å². The van der Waals surface area contributed by atoms with E-state index in [0.717, 1.165) is 18.2 Å². The van der Waals surface area contributed by atoms with E-state index in [1.807, 2.05) is 0 Å². The molecule has 0 amide bonds. The minimum absolute atomic E-state index is 0.224. The van der Waals surface area contributed by atoms with Crippen molar-refractivity contribution in [3.63, 3.8) is 0 Å². The summed E-state index contributed by atoms with van der Waals surface area (Å²) in [6.45, 7) is 2.94. The maximum Gasteiger partial charge on any atom is 0.242 e. The summed E-state index contributed by atoms with van der Waals surface area (Å²) < 4.78 is 38.6. The second-order valence-corrected chi connectivity index (χ2v) is 5.31. The summed E-state index contributed by atoms with van der Waals surface area (Å²) in [7, 11) is -3.91. The van der Waals surface area contributed by atoms with Crippen molar-refractivity contribution in [1.29, 1.82) is 0 Å². The van der Waals surface area contributed by atoms with Gasteiger partial charge in [0.15, 0.2) is 0 Å². The Morgan fingerprint density at radius 3 is 2.71 bits per heavy atom. The van der Waals surface area contributed by atoms with Crippen LogP contribution in [0.2, 0.25) is 5.02 Å². The molecule has 0 fully saturated rings. The smallest absolute Gasteiger partial charge is 0.242 e. The number of nitrogens with one attached hydrogen (secondary N) is 1. The predicted octanol–water partition coefficient (Wildman–Crippen LogP) is 1.30. The van der Waals surface area contributed by atoms with E-state index < -0.39 is 28.5 Å². The van der Waals surface area contributed by atoms with E-state index in [4.69, 9.17) is 16.7 Å². The molecule has 0 saturated heterocycles. The Labute approximate surface area is 104 Å². The molecule has 1 aromatic rings. The zero-order valence-electron chi connectivity index (χ0n) is 8.73. The fourth-order valence-electron chi connectivity index (χ4n) is 1.12. The largest absolute Gasteiger partial charge is 0.394 e. The van der Waals surface area contributed by atoms with Gasteiger partial charge in [-0.15, -0.1) is 6.58 Å². The third kappa shape index (κ3) is 3.50. The second kappa shape index (κ2) is 5.59. The van der Waals surface area contributed by atoms with Crippen molar-refractivity contribution in [2.75, 3.05) is 6.61 Å². The van der Waals surface area contributed by atoms with Crippen LogP contribution in [0.25, 0.3) is 0 Å².